The Bertz CT molecular complexity index is 636. The molecule has 20 heavy (non-hydrogen) atoms. The molecule has 2 rings (SSSR count). The third-order valence-electron chi connectivity index (χ3n) is 2.60. The van der Waals surface area contributed by atoms with Crippen molar-refractivity contribution in [3.63, 3.8) is 0 Å². The van der Waals surface area contributed by atoms with Gasteiger partial charge in [-0.2, -0.15) is 0 Å². The topological polar surface area (TPSA) is 38.3 Å². The van der Waals surface area contributed by atoms with Gasteiger partial charge in [0.15, 0.2) is 17.5 Å². The van der Waals surface area contributed by atoms with Gasteiger partial charge in [0, 0.05) is 5.56 Å². The first kappa shape index (κ1) is 13.9. The Morgan fingerprint density at radius 3 is 2.30 bits per heavy atom. The number of rotatable bonds is 3. The molecule has 0 unspecified atom stereocenters. The quantitative estimate of drug-likeness (QED) is 0.876. The van der Waals surface area contributed by atoms with Crippen LogP contribution in [0.3, 0.4) is 0 Å². The Kier molecular flexibility index (Phi) is 3.93. The average Bonchev–Trinajstić information content (AvgIpc) is 2.44. The highest BCUT2D eigenvalue weighted by Crippen LogP contribution is 2.24. The van der Waals surface area contributed by atoms with Gasteiger partial charge < -0.3 is 10.1 Å². The van der Waals surface area contributed by atoms with Crippen LogP contribution in [0.4, 0.5) is 18.9 Å². The molecule has 0 aromatic heterocycles. The Morgan fingerprint density at radius 1 is 1.10 bits per heavy atom. The predicted octanol–water partition coefficient (Wildman–Crippen LogP) is 3.36. The maximum Gasteiger partial charge on any atom is 0.255 e. The molecule has 1 N–H and O–H groups in total. The summed E-state index contributed by atoms with van der Waals surface area (Å²) in [6.07, 6.45) is 0. The average molecular weight is 281 g/mol. The minimum atomic E-state index is -1.61. The van der Waals surface area contributed by atoms with Gasteiger partial charge in [0.05, 0.1) is 12.8 Å². The van der Waals surface area contributed by atoms with E-state index < -0.39 is 23.4 Å². The van der Waals surface area contributed by atoms with Crippen LogP contribution in [-0.2, 0) is 0 Å². The van der Waals surface area contributed by atoms with Crippen LogP contribution < -0.4 is 10.1 Å². The molecule has 2 aromatic carbocycles. The van der Waals surface area contributed by atoms with Crippen molar-refractivity contribution in [1.82, 2.24) is 0 Å². The van der Waals surface area contributed by atoms with Gasteiger partial charge in [-0.1, -0.05) is 12.1 Å². The van der Waals surface area contributed by atoms with Crippen molar-refractivity contribution in [2.45, 2.75) is 0 Å². The number of carbonyl (C=O) groups excluding carboxylic acids is 1. The molecule has 0 aliphatic rings. The maximum atomic E-state index is 13.1. The van der Waals surface area contributed by atoms with Crippen molar-refractivity contribution in [1.29, 1.82) is 0 Å². The molecule has 3 nitrogen and oxygen atoms in total. The molecule has 0 saturated heterocycles. The van der Waals surface area contributed by atoms with Gasteiger partial charge in [0.25, 0.3) is 5.91 Å². The van der Waals surface area contributed by atoms with Crippen LogP contribution in [0.5, 0.6) is 5.75 Å². The number of hydrogen-bond acceptors (Lipinski definition) is 2. The third kappa shape index (κ3) is 2.74. The second-order valence-corrected chi connectivity index (χ2v) is 3.91. The van der Waals surface area contributed by atoms with E-state index in [-0.39, 0.29) is 5.56 Å². The highest BCUT2D eigenvalue weighted by Gasteiger charge is 2.16. The molecule has 0 aliphatic heterocycles. The lowest BCUT2D eigenvalue weighted by molar-refractivity contribution is 0.102. The van der Waals surface area contributed by atoms with E-state index in [2.05, 4.69) is 5.32 Å². The lowest BCUT2D eigenvalue weighted by Gasteiger charge is -2.10. The third-order valence-corrected chi connectivity index (χ3v) is 2.60. The van der Waals surface area contributed by atoms with E-state index in [1.54, 1.807) is 24.3 Å². The van der Waals surface area contributed by atoms with Crippen molar-refractivity contribution < 1.29 is 22.7 Å². The molecular formula is C14H10F3NO2. The second-order valence-electron chi connectivity index (χ2n) is 3.91. The van der Waals surface area contributed by atoms with Crippen LogP contribution >= 0.6 is 0 Å². The summed E-state index contributed by atoms with van der Waals surface area (Å²) in [5.74, 6) is -4.83. The summed E-state index contributed by atoms with van der Waals surface area (Å²) in [5, 5.41) is 2.43. The van der Waals surface area contributed by atoms with Crippen molar-refractivity contribution in [3.05, 3.63) is 59.4 Å². The molecule has 0 fully saturated rings. The van der Waals surface area contributed by atoms with Gasteiger partial charge in [-0.25, -0.2) is 13.2 Å². The predicted molar refractivity (Wildman–Crippen MR) is 67.3 cm³/mol. The molecule has 0 saturated carbocycles. The number of hydrogen-bond donors (Lipinski definition) is 1. The number of para-hydroxylation sites is 2. The van der Waals surface area contributed by atoms with Crippen LogP contribution in [0, 0.1) is 17.5 Å². The molecular weight excluding hydrogens is 271 g/mol. The summed E-state index contributed by atoms with van der Waals surface area (Å²) in [5.41, 5.74) is 0.0115. The number of carbonyl (C=O) groups is 1. The minimum absolute atomic E-state index is 0.327. The number of anilines is 1. The summed E-state index contributed by atoms with van der Waals surface area (Å²) >= 11 is 0. The first-order valence-electron chi connectivity index (χ1n) is 5.62. The fraction of sp³-hybridized carbons (Fsp3) is 0.0714. The Morgan fingerprint density at radius 2 is 1.70 bits per heavy atom. The monoisotopic (exact) mass is 281 g/mol. The SMILES string of the molecule is COc1ccccc1NC(=O)c1cc(F)c(F)c(F)c1. The Balaban J connectivity index is 2.29. The van der Waals surface area contributed by atoms with E-state index in [4.69, 9.17) is 4.74 Å². The van der Waals surface area contributed by atoms with E-state index in [1.807, 2.05) is 0 Å². The highest BCUT2D eigenvalue weighted by molar-refractivity contribution is 6.05. The van der Waals surface area contributed by atoms with E-state index >= 15 is 0 Å². The fourth-order valence-corrected chi connectivity index (χ4v) is 1.63. The zero-order valence-corrected chi connectivity index (χ0v) is 10.4. The van der Waals surface area contributed by atoms with Gasteiger partial charge in [-0.05, 0) is 24.3 Å². The van der Waals surface area contributed by atoms with Crippen LogP contribution in [0.2, 0.25) is 0 Å². The van der Waals surface area contributed by atoms with Gasteiger partial charge in [0.2, 0.25) is 0 Å². The van der Waals surface area contributed by atoms with Gasteiger partial charge >= 0.3 is 0 Å². The number of benzene rings is 2. The zero-order chi connectivity index (χ0) is 14.7. The van der Waals surface area contributed by atoms with Crippen molar-refractivity contribution in [3.8, 4) is 5.75 Å². The maximum absolute atomic E-state index is 13.1. The molecule has 0 heterocycles. The van der Waals surface area contributed by atoms with E-state index in [0.29, 0.717) is 23.6 Å². The first-order chi connectivity index (χ1) is 9.52. The number of ether oxygens (including phenoxy) is 1. The lowest BCUT2D eigenvalue weighted by Crippen LogP contribution is -2.13. The number of nitrogens with one attached hydrogen (secondary N) is 1. The smallest absolute Gasteiger partial charge is 0.255 e. The normalized spacial score (nSPS) is 10.2. The number of amides is 1. The van der Waals surface area contributed by atoms with Gasteiger partial charge in [-0.15, -0.1) is 0 Å². The van der Waals surface area contributed by atoms with Crippen LogP contribution in [-0.4, -0.2) is 13.0 Å². The van der Waals surface area contributed by atoms with Gasteiger partial charge in [0.1, 0.15) is 5.75 Å². The van der Waals surface area contributed by atoms with E-state index in [1.165, 1.54) is 7.11 Å². The summed E-state index contributed by atoms with van der Waals surface area (Å²) in [7, 11) is 1.42. The Hall–Kier alpha value is -2.50. The van der Waals surface area contributed by atoms with E-state index in [9.17, 15) is 18.0 Å². The second kappa shape index (κ2) is 5.64. The van der Waals surface area contributed by atoms with Crippen molar-refractivity contribution in [2.24, 2.45) is 0 Å². The molecule has 104 valence electrons. The lowest BCUT2D eigenvalue weighted by atomic mass is 10.2. The molecule has 0 aliphatic carbocycles. The van der Waals surface area contributed by atoms with Gasteiger partial charge in [-0.3, -0.25) is 4.79 Å². The fourth-order valence-electron chi connectivity index (χ4n) is 1.63. The van der Waals surface area contributed by atoms with Crippen LogP contribution in [0.1, 0.15) is 10.4 Å². The summed E-state index contributed by atoms with van der Waals surface area (Å²) in [6, 6.07) is 7.79. The summed E-state index contributed by atoms with van der Waals surface area (Å²) in [4.78, 5) is 11.9. The largest absolute Gasteiger partial charge is 0.495 e. The zero-order valence-electron chi connectivity index (χ0n) is 10.4. The molecule has 0 radical (unpaired) electrons. The number of halogens is 3. The summed E-state index contributed by atoms with van der Waals surface area (Å²) in [6.45, 7) is 0. The molecule has 1 amide bonds. The molecule has 6 heteroatoms. The number of methoxy groups -OCH3 is 1. The molecule has 0 bridgehead atoms. The molecule has 2 aromatic rings. The van der Waals surface area contributed by atoms with Crippen LogP contribution in [0.25, 0.3) is 0 Å². The molecule has 0 spiro atoms. The van der Waals surface area contributed by atoms with Crippen molar-refractivity contribution >= 4 is 11.6 Å². The highest BCUT2D eigenvalue weighted by atomic mass is 19.2. The van der Waals surface area contributed by atoms with Crippen LogP contribution in [0.15, 0.2) is 36.4 Å². The minimum Gasteiger partial charge on any atom is -0.495 e. The van der Waals surface area contributed by atoms with E-state index in [0.717, 1.165) is 0 Å². The standard InChI is InChI=1S/C14H10F3NO2/c1-20-12-5-3-2-4-11(12)18-14(19)8-6-9(15)13(17)10(16)7-8/h2-7H,1H3,(H,18,19). The first-order valence-corrected chi connectivity index (χ1v) is 5.62. The Labute approximate surface area is 113 Å². The molecule has 0 atom stereocenters. The van der Waals surface area contributed by atoms with Crippen molar-refractivity contribution in [2.75, 3.05) is 12.4 Å². The summed E-state index contributed by atoms with van der Waals surface area (Å²) < 4.78 is 44.0.